The van der Waals surface area contributed by atoms with Gasteiger partial charge in [0.2, 0.25) is 15.9 Å². The molecule has 0 spiro atoms. The van der Waals surface area contributed by atoms with Crippen LogP contribution >= 0.6 is 11.6 Å². The molecule has 12 nitrogen and oxygen atoms in total. The van der Waals surface area contributed by atoms with E-state index in [0.29, 0.717) is 48.0 Å². The second-order valence-electron chi connectivity index (χ2n) is 14.0. The first-order valence-electron chi connectivity index (χ1n) is 18.6. The van der Waals surface area contributed by atoms with Crippen molar-refractivity contribution in [1.29, 1.82) is 0 Å². The first kappa shape index (κ1) is 41.1. The lowest BCUT2D eigenvalue weighted by molar-refractivity contribution is -0.124. The summed E-state index contributed by atoms with van der Waals surface area (Å²) in [7, 11) is -1.09. The highest BCUT2D eigenvalue weighted by Crippen LogP contribution is 2.37. The Balaban J connectivity index is 1.13. The van der Waals surface area contributed by atoms with E-state index in [1.54, 1.807) is 54.3 Å². The number of Topliss-reactive ketones (excluding diaryl/α,β-unsaturated/α-hetero) is 1. The fraction of sp³-hybridized carbons (Fsp3) is 0.302. The minimum atomic E-state index is -4.03. The molecule has 57 heavy (non-hydrogen) atoms. The van der Waals surface area contributed by atoms with Crippen molar-refractivity contribution in [2.75, 3.05) is 57.6 Å². The Labute approximate surface area is 338 Å². The number of aromatic nitrogens is 1. The van der Waals surface area contributed by atoms with Crippen LogP contribution in [0.2, 0.25) is 5.02 Å². The van der Waals surface area contributed by atoms with Gasteiger partial charge in [0.25, 0.3) is 5.91 Å². The number of rotatable bonds is 15. The number of hydrogen-bond acceptors (Lipinski definition) is 9. The quantitative estimate of drug-likeness (QED) is 0.113. The first-order chi connectivity index (χ1) is 27.3. The third kappa shape index (κ3) is 9.22. The molecule has 1 fully saturated rings. The summed E-state index contributed by atoms with van der Waals surface area (Å²) in [6, 6.07) is 27.8. The van der Waals surface area contributed by atoms with Gasteiger partial charge in [-0.1, -0.05) is 41.9 Å². The second-order valence-corrected chi connectivity index (χ2v) is 16.4. The van der Waals surface area contributed by atoms with E-state index in [-0.39, 0.29) is 48.4 Å². The number of likely N-dealkylation sites (tertiary alicyclic amines) is 1. The Kier molecular flexibility index (Phi) is 12.8. The van der Waals surface area contributed by atoms with E-state index in [1.807, 2.05) is 49.4 Å². The lowest BCUT2D eigenvalue weighted by atomic mass is 9.70. The number of halogens is 1. The Hall–Kier alpha value is -5.50. The van der Waals surface area contributed by atoms with E-state index < -0.39 is 21.3 Å². The summed E-state index contributed by atoms with van der Waals surface area (Å²) in [5, 5.41) is 7.51. The number of anilines is 2. The Morgan fingerprint density at radius 3 is 2.26 bits per heavy atom. The number of methoxy groups -OCH3 is 2. The molecule has 0 unspecified atom stereocenters. The van der Waals surface area contributed by atoms with Crippen LogP contribution in [0.3, 0.4) is 0 Å². The molecule has 2 amide bonds. The van der Waals surface area contributed by atoms with Crippen molar-refractivity contribution < 1.29 is 32.3 Å². The zero-order chi connectivity index (χ0) is 40.7. The molecule has 1 aromatic heterocycles. The molecule has 4 aromatic carbocycles. The molecular formula is C43H46ClN5O7S. The van der Waals surface area contributed by atoms with Gasteiger partial charge in [0.1, 0.15) is 17.3 Å². The molecule has 6 rings (SSSR count). The lowest BCUT2D eigenvalue weighted by Gasteiger charge is -2.40. The summed E-state index contributed by atoms with van der Waals surface area (Å²) < 4.78 is 40.0. The smallest absolute Gasteiger partial charge is 0.253 e. The molecule has 2 N–H and O–H groups in total. The SMILES string of the molecule is COc1ccc(S(=O)(=O)N(CCNc2cc(C)nc3ccc(Cl)cc23)CCC(=O)Nc2ccc(C(=O)N3CCC(C(C)=O)(c4ccccc4)CC3)cc2OC)cc1. The minimum Gasteiger partial charge on any atom is -0.497 e. The van der Waals surface area contributed by atoms with E-state index in [0.717, 1.165) is 27.8 Å². The Morgan fingerprint density at radius 1 is 0.877 bits per heavy atom. The number of fused-ring (bicyclic) bond motifs is 1. The number of ether oxygens (including phenoxy) is 2. The molecule has 5 aromatic rings. The Bertz CT molecular complexity index is 2370. The third-order valence-electron chi connectivity index (χ3n) is 10.5. The van der Waals surface area contributed by atoms with Gasteiger partial charge in [0.15, 0.2) is 0 Å². The molecule has 0 radical (unpaired) electrons. The summed E-state index contributed by atoms with van der Waals surface area (Å²) in [5.74, 6) is 0.219. The van der Waals surface area contributed by atoms with Crippen LogP contribution in [-0.4, -0.2) is 87.1 Å². The van der Waals surface area contributed by atoms with E-state index in [4.69, 9.17) is 21.1 Å². The van der Waals surface area contributed by atoms with Gasteiger partial charge in [-0.3, -0.25) is 19.4 Å². The molecular weight excluding hydrogens is 766 g/mol. The van der Waals surface area contributed by atoms with Gasteiger partial charge < -0.3 is 25.0 Å². The number of carbonyl (C=O) groups excluding carboxylic acids is 3. The molecule has 0 aliphatic carbocycles. The van der Waals surface area contributed by atoms with Crippen LogP contribution in [0, 0.1) is 6.92 Å². The maximum atomic E-state index is 14.0. The number of nitrogens with one attached hydrogen (secondary N) is 2. The normalized spacial score (nSPS) is 14.0. The molecule has 14 heteroatoms. The standard InChI is InChI=1S/C43H46ClN5O7S/c1-29-26-39(36-28-33(44)11-17-37(36)46-29)45-21-25-49(57(53,54)35-14-12-34(55-3)13-15-35)22-18-41(51)47-38-16-10-31(27-40(38)56-4)42(52)48-23-19-43(20-24-48,30(2)50)32-8-6-5-7-9-32/h5-17,26-28H,18-25H2,1-4H3,(H,45,46)(H,47,51). The van der Waals surface area contributed by atoms with Crippen molar-refractivity contribution in [3.05, 3.63) is 119 Å². The fourth-order valence-electron chi connectivity index (χ4n) is 7.28. The highest BCUT2D eigenvalue weighted by Gasteiger charge is 2.41. The van der Waals surface area contributed by atoms with Gasteiger partial charge in [-0.15, -0.1) is 0 Å². The second kappa shape index (κ2) is 17.7. The van der Waals surface area contributed by atoms with Gasteiger partial charge in [-0.05, 0) is 99.0 Å². The van der Waals surface area contributed by atoms with E-state index in [1.165, 1.54) is 30.7 Å². The Morgan fingerprint density at radius 2 is 1.60 bits per heavy atom. The average Bonchev–Trinajstić information content (AvgIpc) is 3.22. The molecule has 0 saturated carbocycles. The van der Waals surface area contributed by atoms with Crippen molar-refractivity contribution in [2.24, 2.45) is 0 Å². The zero-order valence-corrected chi connectivity index (χ0v) is 34.0. The molecule has 1 aliphatic heterocycles. The minimum absolute atomic E-state index is 0.0422. The van der Waals surface area contributed by atoms with Gasteiger partial charge in [-0.2, -0.15) is 4.31 Å². The molecule has 1 saturated heterocycles. The number of ketones is 1. The van der Waals surface area contributed by atoms with Crippen LogP contribution in [-0.2, 0) is 25.0 Å². The number of amides is 2. The molecule has 2 heterocycles. The summed E-state index contributed by atoms with van der Waals surface area (Å²) in [4.78, 5) is 46.2. The number of hydrogen-bond donors (Lipinski definition) is 2. The van der Waals surface area contributed by atoms with E-state index >= 15 is 0 Å². The maximum absolute atomic E-state index is 14.0. The monoisotopic (exact) mass is 811 g/mol. The van der Waals surface area contributed by atoms with Crippen molar-refractivity contribution in [1.82, 2.24) is 14.2 Å². The number of sulfonamides is 1. The van der Waals surface area contributed by atoms with Crippen LogP contribution < -0.4 is 20.1 Å². The van der Waals surface area contributed by atoms with E-state index in [9.17, 15) is 22.8 Å². The number of carbonyl (C=O) groups is 3. The molecule has 0 atom stereocenters. The van der Waals surface area contributed by atoms with Gasteiger partial charge in [-0.25, -0.2) is 8.42 Å². The summed E-state index contributed by atoms with van der Waals surface area (Å²) in [6.45, 7) is 4.45. The number of nitrogens with zero attached hydrogens (tertiary/aromatic N) is 3. The summed E-state index contributed by atoms with van der Waals surface area (Å²) in [6.07, 6.45) is 0.860. The van der Waals surface area contributed by atoms with Crippen LogP contribution in [0.15, 0.2) is 102 Å². The predicted octanol–water partition coefficient (Wildman–Crippen LogP) is 7.11. The highest BCUT2D eigenvalue weighted by atomic mass is 35.5. The first-order valence-corrected chi connectivity index (χ1v) is 20.4. The van der Waals surface area contributed by atoms with Crippen LogP contribution in [0.4, 0.5) is 11.4 Å². The van der Waals surface area contributed by atoms with Gasteiger partial charge in [0, 0.05) is 66.5 Å². The maximum Gasteiger partial charge on any atom is 0.253 e. The van der Waals surface area contributed by atoms with Crippen molar-refractivity contribution in [2.45, 2.75) is 43.4 Å². The number of aryl methyl sites for hydroxylation is 1. The van der Waals surface area contributed by atoms with Crippen LogP contribution in [0.25, 0.3) is 10.9 Å². The number of benzene rings is 4. The topological polar surface area (TPSA) is 147 Å². The van der Waals surface area contributed by atoms with Crippen LogP contribution in [0.5, 0.6) is 11.5 Å². The zero-order valence-electron chi connectivity index (χ0n) is 32.4. The van der Waals surface area contributed by atoms with Gasteiger partial charge in [0.05, 0.1) is 35.7 Å². The average molecular weight is 812 g/mol. The third-order valence-corrected chi connectivity index (χ3v) is 12.6. The largest absolute Gasteiger partial charge is 0.497 e. The fourth-order valence-corrected chi connectivity index (χ4v) is 8.90. The number of piperidine rings is 1. The van der Waals surface area contributed by atoms with E-state index in [2.05, 4.69) is 15.6 Å². The molecule has 1 aliphatic rings. The molecule has 0 bridgehead atoms. The van der Waals surface area contributed by atoms with Crippen LogP contribution in [0.1, 0.15) is 47.8 Å². The molecule has 298 valence electrons. The lowest BCUT2D eigenvalue weighted by Crippen LogP contribution is -2.48. The number of pyridine rings is 1. The van der Waals surface area contributed by atoms with Gasteiger partial charge >= 0.3 is 0 Å². The van der Waals surface area contributed by atoms with Crippen molar-refractivity contribution >= 4 is 61.5 Å². The predicted molar refractivity (Wildman–Crippen MR) is 222 cm³/mol. The van der Waals surface area contributed by atoms with Crippen molar-refractivity contribution in [3.63, 3.8) is 0 Å². The summed E-state index contributed by atoms with van der Waals surface area (Å²) >= 11 is 6.28. The summed E-state index contributed by atoms with van der Waals surface area (Å²) in [5.41, 5.74) is 3.33. The van der Waals surface area contributed by atoms with Crippen molar-refractivity contribution in [3.8, 4) is 11.5 Å². The highest BCUT2D eigenvalue weighted by molar-refractivity contribution is 7.89.